The van der Waals surface area contributed by atoms with Crippen LogP contribution in [0.5, 0.6) is 0 Å². The van der Waals surface area contributed by atoms with Gasteiger partial charge in [-0.3, -0.25) is 9.59 Å². The van der Waals surface area contributed by atoms with Gasteiger partial charge in [0.15, 0.2) is 0 Å². The van der Waals surface area contributed by atoms with Crippen LogP contribution < -0.4 is 10.6 Å². The number of carbonyl (C=O) groups is 2. The molecule has 0 saturated carbocycles. The number of amides is 2. The van der Waals surface area contributed by atoms with Crippen LogP contribution in [0.2, 0.25) is 0 Å². The summed E-state index contributed by atoms with van der Waals surface area (Å²) in [6.45, 7) is 3.22. The first-order chi connectivity index (χ1) is 8.85. The Bertz CT molecular complexity index is 460. The number of alkyl halides is 1. The van der Waals surface area contributed by atoms with Crippen molar-refractivity contribution < 1.29 is 14.0 Å². The fraction of sp³-hybridized carbons (Fsp3) is 0.385. The second kappa shape index (κ2) is 6.52. The maximum Gasteiger partial charge on any atom is 0.243 e. The summed E-state index contributed by atoms with van der Waals surface area (Å²) in [5, 5.41) is 5.04. The molecule has 0 aromatic heterocycles. The monoisotopic (exact) mass is 286 g/mol. The van der Waals surface area contributed by atoms with Gasteiger partial charge in [-0.1, -0.05) is 0 Å². The second-order valence-corrected chi connectivity index (χ2v) is 5.02. The predicted molar refractivity (Wildman–Crippen MR) is 72.5 cm³/mol. The molecule has 0 saturated heterocycles. The maximum absolute atomic E-state index is 12.7. The fourth-order valence-electron chi connectivity index (χ4n) is 1.20. The highest BCUT2D eigenvalue weighted by atomic mass is 35.5. The minimum absolute atomic E-state index is 0.156. The molecule has 0 spiro atoms. The lowest BCUT2D eigenvalue weighted by molar-refractivity contribution is -0.130. The van der Waals surface area contributed by atoms with E-state index in [0.29, 0.717) is 5.69 Å². The van der Waals surface area contributed by atoms with E-state index in [4.69, 9.17) is 11.6 Å². The van der Waals surface area contributed by atoms with Crippen LogP contribution in [0.15, 0.2) is 24.3 Å². The lowest BCUT2D eigenvalue weighted by Crippen LogP contribution is -2.41. The fourth-order valence-corrected chi connectivity index (χ4v) is 1.32. The minimum Gasteiger partial charge on any atom is -0.347 e. The molecule has 4 nitrogen and oxygen atoms in total. The van der Waals surface area contributed by atoms with Crippen molar-refractivity contribution in [2.75, 3.05) is 17.7 Å². The van der Waals surface area contributed by atoms with E-state index in [1.807, 2.05) is 0 Å². The van der Waals surface area contributed by atoms with E-state index in [1.165, 1.54) is 24.3 Å². The molecular formula is C13H16ClFN2O2. The van der Waals surface area contributed by atoms with E-state index in [1.54, 1.807) is 13.8 Å². The van der Waals surface area contributed by atoms with Gasteiger partial charge in [-0.05, 0) is 38.1 Å². The molecule has 0 aliphatic rings. The topological polar surface area (TPSA) is 58.2 Å². The number of carbonyl (C=O) groups excluding carboxylic acids is 2. The minimum atomic E-state index is -0.724. The third kappa shape index (κ3) is 4.87. The Morgan fingerprint density at radius 3 is 2.37 bits per heavy atom. The first-order valence-corrected chi connectivity index (χ1v) is 6.28. The Morgan fingerprint density at radius 2 is 1.84 bits per heavy atom. The van der Waals surface area contributed by atoms with Gasteiger partial charge in [0, 0.05) is 11.6 Å². The van der Waals surface area contributed by atoms with Gasteiger partial charge in [0.2, 0.25) is 11.8 Å². The highest BCUT2D eigenvalue weighted by Crippen LogP contribution is 2.16. The summed E-state index contributed by atoms with van der Waals surface area (Å²) < 4.78 is 12.7. The molecule has 0 heterocycles. The molecule has 1 rings (SSSR count). The molecule has 104 valence electrons. The van der Waals surface area contributed by atoms with Crippen LogP contribution in [0.25, 0.3) is 0 Å². The van der Waals surface area contributed by atoms with Gasteiger partial charge in [0.25, 0.3) is 0 Å². The van der Waals surface area contributed by atoms with E-state index in [2.05, 4.69) is 10.6 Å². The van der Waals surface area contributed by atoms with E-state index < -0.39 is 5.41 Å². The smallest absolute Gasteiger partial charge is 0.243 e. The summed E-state index contributed by atoms with van der Waals surface area (Å²) in [5.74, 6) is -0.893. The average molecular weight is 287 g/mol. The Hall–Kier alpha value is -1.62. The summed E-state index contributed by atoms with van der Waals surface area (Å²) in [7, 11) is 0. The van der Waals surface area contributed by atoms with Crippen LogP contribution >= 0.6 is 11.6 Å². The zero-order valence-electron chi connectivity index (χ0n) is 10.8. The van der Waals surface area contributed by atoms with Crippen molar-refractivity contribution >= 4 is 29.1 Å². The van der Waals surface area contributed by atoms with Crippen molar-refractivity contribution in [2.24, 2.45) is 5.41 Å². The van der Waals surface area contributed by atoms with Crippen LogP contribution in [0.4, 0.5) is 10.1 Å². The molecule has 1 aromatic rings. The number of halogens is 2. The van der Waals surface area contributed by atoms with Gasteiger partial charge < -0.3 is 10.6 Å². The number of rotatable bonds is 5. The first kappa shape index (κ1) is 15.4. The molecule has 2 amide bonds. The number of hydrogen-bond donors (Lipinski definition) is 2. The molecule has 1 aromatic carbocycles. The third-order valence-electron chi connectivity index (χ3n) is 2.49. The van der Waals surface area contributed by atoms with Crippen LogP contribution in [0.1, 0.15) is 13.8 Å². The highest BCUT2D eigenvalue weighted by Gasteiger charge is 2.26. The van der Waals surface area contributed by atoms with E-state index in [9.17, 15) is 14.0 Å². The SMILES string of the molecule is CC(C)(CCl)C(=O)NCC(=O)Nc1ccc(F)cc1. The lowest BCUT2D eigenvalue weighted by Gasteiger charge is -2.20. The van der Waals surface area contributed by atoms with Crippen LogP contribution in [-0.4, -0.2) is 24.2 Å². The molecule has 0 aliphatic heterocycles. The summed E-state index contributed by atoms with van der Waals surface area (Å²) in [6, 6.07) is 5.37. The van der Waals surface area contributed by atoms with Gasteiger partial charge in [-0.25, -0.2) is 4.39 Å². The molecule has 0 atom stereocenters. The molecule has 0 radical (unpaired) electrons. The van der Waals surface area contributed by atoms with Crippen molar-refractivity contribution in [1.29, 1.82) is 0 Å². The van der Waals surface area contributed by atoms with Crippen LogP contribution in [0, 0.1) is 11.2 Å². The molecule has 2 N–H and O–H groups in total. The molecule has 0 unspecified atom stereocenters. The molecule has 0 bridgehead atoms. The van der Waals surface area contributed by atoms with Gasteiger partial charge >= 0.3 is 0 Å². The van der Waals surface area contributed by atoms with Crippen LogP contribution in [0.3, 0.4) is 0 Å². The van der Waals surface area contributed by atoms with Crippen molar-refractivity contribution in [3.63, 3.8) is 0 Å². The summed E-state index contributed by atoms with van der Waals surface area (Å²) in [4.78, 5) is 23.2. The standard InChI is InChI=1S/C13H16ClFN2O2/c1-13(2,8-14)12(19)16-7-11(18)17-10-5-3-9(15)4-6-10/h3-6H,7-8H2,1-2H3,(H,16,19)(H,17,18). The Morgan fingerprint density at radius 1 is 1.26 bits per heavy atom. The Kier molecular flexibility index (Phi) is 5.30. The van der Waals surface area contributed by atoms with E-state index in [0.717, 1.165) is 0 Å². The summed E-state index contributed by atoms with van der Waals surface area (Å²) in [6.07, 6.45) is 0. The number of anilines is 1. The second-order valence-electron chi connectivity index (χ2n) is 4.76. The first-order valence-electron chi connectivity index (χ1n) is 5.75. The van der Waals surface area contributed by atoms with Gasteiger partial charge in [-0.2, -0.15) is 0 Å². The highest BCUT2D eigenvalue weighted by molar-refractivity contribution is 6.19. The van der Waals surface area contributed by atoms with Crippen molar-refractivity contribution in [3.8, 4) is 0 Å². The summed E-state index contributed by atoms with van der Waals surface area (Å²) in [5.41, 5.74) is -0.255. The molecule has 19 heavy (non-hydrogen) atoms. The molecular weight excluding hydrogens is 271 g/mol. The molecule has 0 aliphatic carbocycles. The van der Waals surface area contributed by atoms with Crippen molar-refractivity contribution in [2.45, 2.75) is 13.8 Å². The van der Waals surface area contributed by atoms with Crippen LogP contribution in [-0.2, 0) is 9.59 Å². The quantitative estimate of drug-likeness (QED) is 0.815. The largest absolute Gasteiger partial charge is 0.347 e. The molecule has 6 heteroatoms. The Labute approximate surface area is 116 Å². The van der Waals surface area contributed by atoms with Crippen molar-refractivity contribution in [1.82, 2.24) is 5.32 Å². The number of nitrogens with one attached hydrogen (secondary N) is 2. The average Bonchev–Trinajstić information content (AvgIpc) is 2.38. The number of hydrogen-bond acceptors (Lipinski definition) is 2. The lowest BCUT2D eigenvalue weighted by atomic mass is 9.95. The van der Waals surface area contributed by atoms with E-state index in [-0.39, 0.29) is 30.1 Å². The maximum atomic E-state index is 12.7. The normalized spacial score (nSPS) is 10.9. The number of benzene rings is 1. The van der Waals surface area contributed by atoms with E-state index >= 15 is 0 Å². The Balaban J connectivity index is 2.44. The third-order valence-corrected chi connectivity index (χ3v) is 3.15. The van der Waals surface area contributed by atoms with Gasteiger partial charge in [0.05, 0.1) is 12.0 Å². The predicted octanol–water partition coefficient (Wildman–Crippen LogP) is 2.15. The zero-order valence-corrected chi connectivity index (χ0v) is 11.6. The van der Waals surface area contributed by atoms with Gasteiger partial charge in [-0.15, -0.1) is 11.6 Å². The zero-order chi connectivity index (χ0) is 14.5. The van der Waals surface area contributed by atoms with Crippen molar-refractivity contribution in [3.05, 3.63) is 30.1 Å². The molecule has 0 fully saturated rings. The van der Waals surface area contributed by atoms with Gasteiger partial charge in [0.1, 0.15) is 5.82 Å². The summed E-state index contributed by atoms with van der Waals surface area (Å²) >= 11 is 5.65.